The highest BCUT2D eigenvalue weighted by Gasteiger charge is 2.27. The summed E-state index contributed by atoms with van der Waals surface area (Å²) in [4.78, 5) is 35.1. The van der Waals surface area contributed by atoms with Crippen molar-refractivity contribution in [1.29, 1.82) is 0 Å². The van der Waals surface area contributed by atoms with E-state index in [2.05, 4.69) is 34.1 Å². The van der Waals surface area contributed by atoms with E-state index in [-0.39, 0.29) is 16.5 Å². The van der Waals surface area contributed by atoms with E-state index in [0.717, 1.165) is 56.5 Å². The summed E-state index contributed by atoms with van der Waals surface area (Å²) >= 11 is 0. The third kappa shape index (κ3) is 4.39. The van der Waals surface area contributed by atoms with Crippen molar-refractivity contribution in [3.63, 3.8) is 0 Å². The number of nitro groups is 1. The summed E-state index contributed by atoms with van der Waals surface area (Å²) in [6, 6.07) is 15.2. The average molecular weight is 446 g/mol. The Kier molecular flexibility index (Phi) is 5.92. The molecule has 8 heteroatoms. The molecule has 8 nitrogen and oxygen atoms in total. The SMILES string of the molecule is O=C(c1ccc(N2CCCC2)c([N+](=O)[O-])c1)N1CCN(Cc2cccc3cccnc23)CC1. The molecule has 1 amide bonds. The molecule has 2 aliphatic rings. The van der Waals surface area contributed by atoms with E-state index in [9.17, 15) is 14.9 Å². The van der Waals surface area contributed by atoms with E-state index in [1.807, 2.05) is 17.2 Å². The molecule has 0 spiro atoms. The van der Waals surface area contributed by atoms with Crippen LogP contribution in [0.2, 0.25) is 0 Å². The van der Waals surface area contributed by atoms with Gasteiger partial charge in [-0.15, -0.1) is 0 Å². The van der Waals surface area contributed by atoms with Gasteiger partial charge in [0.25, 0.3) is 11.6 Å². The maximum atomic E-state index is 13.1. The number of benzene rings is 2. The second kappa shape index (κ2) is 9.15. The smallest absolute Gasteiger partial charge is 0.293 e. The lowest BCUT2D eigenvalue weighted by molar-refractivity contribution is -0.384. The van der Waals surface area contributed by atoms with Gasteiger partial charge in [0.15, 0.2) is 0 Å². The van der Waals surface area contributed by atoms with Crippen molar-refractivity contribution >= 4 is 28.2 Å². The molecule has 33 heavy (non-hydrogen) atoms. The summed E-state index contributed by atoms with van der Waals surface area (Å²) in [7, 11) is 0. The van der Waals surface area contributed by atoms with E-state index in [1.165, 1.54) is 11.6 Å². The Hall–Kier alpha value is -3.52. The van der Waals surface area contributed by atoms with Gasteiger partial charge in [0.2, 0.25) is 0 Å². The Balaban J connectivity index is 1.26. The van der Waals surface area contributed by atoms with Crippen LogP contribution in [0.4, 0.5) is 11.4 Å². The predicted octanol–water partition coefficient (Wildman–Crippen LogP) is 3.70. The zero-order valence-electron chi connectivity index (χ0n) is 18.5. The Morgan fingerprint density at radius 3 is 2.48 bits per heavy atom. The molecule has 2 fully saturated rings. The monoisotopic (exact) mass is 445 g/mol. The summed E-state index contributed by atoms with van der Waals surface area (Å²) in [5.74, 6) is -0.141. The van der Waals surface area contributed by atoms with Gasteiger partial charge in [-0.2, -0.15) is 0 Å². The van der Waals surface area contributed by atoms with Crippen LogP contribution >= 0.6 is 0 Å². The molecule has 2 aromatic carbocycles. The second-order valence-electron chi connectivity index (χ2n) is 8.72. The highest BCUT2D eigenvalue weighted by Crippen LogP contribution is 2.32. The number of anilines is 1. The first kappa shape index (κ1) is 21.3. The highest BCUT2D eigenvalue weighted by molar-refractivity contribution is 5.96. The number of hydrogen-bond acceptors (Lipinski definition) is 6. The number of carbonyl (C=O) groups excluding carboxylic acids is 1. The number of rotatable bonds is 5. The molecule has 1 aromatic heterocycles. The zero-order valence-corrected chi connectivity index (χ0v) is 18.5. The minimum Gasteiger partial charge on any atom is -0.366 e. The van der Waals surface area contributed by atoms with E-state index < -0.39 is 0 Å². The molecule has 0 saturated carbocycles. The predicted molar refractivity (Wildman–Crippen MR) is 127 cm³/mol. The topological polar surface area (TPSA) is 82.8 Å². The van der Waals surface area contributed by atoms with Crippen LogP contribution < -0.4 is 4.90 Å². The highest BCUT2D eigenvalue weighted by atomic mass is 16.6. The van der Waals surface area contributed by atoms with Gasteiger partial charge in [-0.05, 0) is 36.6 Å². The fourth-order valence-corrected chi connectivity index (χ4v) is 4.86. The lowest BCUT2D eigenvalue weighted by Gasteiger charge is -2.35. The number of carbonyl (C=O) groups is 1. The number of aromatic nitrogens is 1. The van der Waals surface area contributed by atoms with Crippen molar-refractivity contribution < 1.29 is 9.72 Å². The van der Waals surface area contributed by atoms with Crippen LogP contribution in [0.5, 0.6) is 0 Å². The largest absolute Gasteiger partial charge is 0.366 e. The molecular formula is C25H27N5O3. The Morgan fingerprint density at radius 1 is 0.970 bits per heavy atom. The van der Waals surface area contributed by atoms with Gasteiger partial charge in [-0.25, -0.2) is 0 Å². The molecule has 3 aromatic rings. The lowest BCUT2D eigenvalue weighted by atomic mass is 10.1. The molecule has 3 heterocycles. The van der Waals surface area contributed by atoms with E-state index in [0.29, 0.717) is 24.3 Å². The second-order valence-corrected chi connectivity index (χ2v) is 8.72. The van der Waals surface area contributed by atoms with Crippen molar-refractivity contribution in [2.75, 3.05) is 44.2 Å². The Labute approximate surface area is 192 Å². The van der Waals surface area contributed by atoms with Crippen molar-refractivity contribution in [3.05, 3.63) is 76.0 Å². The van der Waals surface area contributed by atoms with Gasteiger partial charge in [0.05, 0.1) is 10.4 Å². The summed E-state index contributed by atoms with van der Waals surface area (Å²) in [5.41, 5.74) is 3.22. The fraction of sp³-hybridized carbons (Fsp3) is 0.360. The number of pyridine rings is 1. The van der Waals surface area contributed by atoms with Crippen LogP contribution in [0.15, 0.2) is 54.7 Å². The summed E-state index contributed by atoms with van der Waals surface area (Å²) in [5, 5.41) is 12.8. The standard InChI is InChI=1S/C25H27N5O3/c31-25(20-8-9-22(23(17-20)30(32)33)28-11-1-2-12-28)29-15-13-27(14-16-29)18-21-6-3-5-19-7-4-10-26-24(19)21/h3-10,17H,1-2,11-16,18H2. The molecule has 0 N–H and O–H groups in total. The minimum absolute atomic E-state index is 0.0184. The molecule has 0 radical (unpaired) electrons. The zero-order chi connectivity index (χ0) is 22.8. The first-order valence-electron chi connectivity index (χ1n) is 11.5. The summed E-state index contributed by atoms with van der Waals surface area (Å²) < 4.78 is 0. The number of fused-ring (bicyclic) bond motifs is 1. The molecule has 170 valence electrons. The molecule has 2 aliphatic heterocycles. The molecule has 0 aliphatic carbocycles. The van der Waals surface area contributed by atoms with Gasteiger partial charge in [-0.1, -0.05) is 24.3 Å². The molecule has 0 bridgehead atoms. The molecule has 5 rings (SSSR count). The number of nitrogens with zero attached hydrogens (tertiary/aromatic N) is 5. The Morgan fingerprint density at radius 2 is 1.73 bits per heavy atom. The van der Waals surface area contributed by atoms with Crippen molar-refractivity contribution in [3.8, 4) is 0 Å². The third-order valence-corrected chi connectivity index (χ3v) is 6.64. The van der Waals surface area contributed by atoms with Crippen LogP contribution in [0.1, 0.15) is 28.8 Å². The number of nitro benzene ring substituents is 1. The molecule has 0 unspecified atom stereocenters. The van der Waals surface area contributed by atoms with E-state index >= 15 is 0 Å². The van der Waals surface area contributed by atoms with Gasteiger partial charge in [0, 0.05) is 69.0 Å². The third-order valence-electron chi connectivity index (χ3n) is 6.64. The molecule has 0 atom stereocenters. The minimum atomic E-state index is -0.374. The van der Waals surface area contributed by atoms with Crippen LogP contribution in [-0.2, 0) is 6.54 Å². The van der Waals surface area contributed by atoms with Crippen molar-refractivity contribution in [1.82, 2.24) is 14.8 Å². The van der Waals surface area contributed by atoms with Gasteiger partial charge in [-0.3, -0.25) is 24.8 Å². The first-order chi connectivity index (χ1) is 16.1. The average Bonchev–Trinajstić information content (AvgIpc) is 3.39. The Bertz CT molecular complexity index is 1180. The van der Waals surface area contributed by atoms with Gasteiger partial charge < -0.3 is 9.80 Å². The lowest BCUT2D eigenvalue weighted by Crippen LogP contribution is -2.48. The van der Waals surface area contributed by atoms with Crippen molar-refractivity contribution in [2.45, 2.75) is 19.4 Å². The molecule has 2 saturated heterocycles. The number of para-hydroxylation sites is 1. The normalized spacial score (nSPS) is 17.0. The van der Waals surface area contributed by atoms with E-state index in [1.54, 1.807) is 17.0 Å². The molecular weight excluding hydrogens is 418 g/mol. The number of amides is 1. The number of hydrogen-bond donors (Lipinski definition) is 0. The maximum absolute atomic E-state index is 13.1. The van der Waals surface area contributed by atoms with E-state index in [4.69, 9.17) is 0 Å². The quantitative estimate of drug-likeness (QED) is 0.440. The van der Waals surface area contributed by atoms with Crippen LogP contribution in [0, 0.1) is 10.1 Å². The van der Waals surface area contributed by atoms with Gasteiger partial charge >= 0.3 is 0 Å². The van der Waals surface area contributed by atoms with Crippen molar-refractivity contribution in [2.24, 2.45) is 0 Å². The van der Waals surface area contributed by atoms with Crippen LogP contribution in [0.3, 0.4) is 0 Å². The number of piperazine rings is 1. The summed E-state index contributed by atoms with van der Waals surface area (Å²) in [6.07, 6.45) is 3.89. The summed E-state index contributed by atoms with van der Waals surface area (Å²) in [6.45, 7) is 5.13. The van der Waals surface area contributed by atoms with Gasteiger partial charge in [0.1, 0.15) is 5.69 Å². The fourth-order valence-electron chi connectivity index (χ4n) is 4.86. The first-order valence-corrected chi connectivity index (χ1v) is 11.5. The maximum Gasteiger partial charge on any atom is 0.293 e. The van der Waals surface area contributed by atoms with Crippen LogP contribution in [-0.4, -0.2) is 64.9 Å². The van der Waals surface area contributed by atoms with Crippen LogP contribution in [0.25, 0.3) is 10.9 Å².